The van der Waals surface area contributed by atoms with E-state index in [-0.39, 0.29) is 24.2 Å². The number of nitro groups is 1. The van der Waals surface area contributed by atoms with Crippen molar-refractivity contribution in [2.75, 3.05) is 11.6 Å². The lowest BCUT2D eigenvalue weighted by atomic mass is 10.1. The van der Waals surface area contributed by atoms with Crippen molar-refractivity contribution in [3.05, 3.63) is 63.7 Å². The molecule has 0 fully saturated rings. The van der Waals surface area contributed by atoms with Gasteiger partial charge in [0.05, 0.1) is 16.7 Å². The number of anilines is 1. The predicted molar refractivity (Wildman–Crippen MR) is 75.8 cm³/mol. The highest BCUT2D eigenvalue weighted by molar-refractivity contribution is 5.63. The van der Waals surface area contributed by atoms with Gasteiger partial charge in [-0.3, -0.25) is 10.1 Å². The first-order valence-corrected chi connectivity index (χ1v) is 6.60. The summed E-state index contributed by atoms with van der Waals surface area (Å²) in [6, 6.07) is 7.99. The van der Waals surface area contributed by atoms with Gasteiger partial charge >= 0.3 is 0 Å². The minimum atomic E-state index is -0.969. The average molecular weight is 306 g/mol. The highest BCUT2D eigenvalue weighted by Gasteiger charge is 2.28. The molecule has 0 radical (unpaired) electrons. The maximum atomic E-state index is 13.4. The number of nitro benzene ring substituents is 1. The number of rotatable bonds is 3. The molecule has 0 spiro atoms. The molecule has 2 aromatic rings. The van der Waals surface area contributed by atoms with Gasteiger partial charge in [0.1, 0.15) is 5.75 Å². The molecule has 1 aliphatic rings. The van der Waals surface area contributed by atoms with Crippen LogP contribution < -0.4 is 9.64 Å². The number of nitrogens with zero attached hydrogens (tertiary/aromatic N) is 2. The predicted octanol–water partition coefficient (Wildman–Crippen LogP) is 3.79. The molecule has 0 aromatic heterocycles. The second kappa shape index (κ2) is 5.25. The first-order valence-electron chi connectivity index (χ1n) is 6.60. The maximum Gasteiger partial charge on any atom is 0.269 e. The Labute approximate surface area is 124 Å². The third-order valence-corrected chi connectivity index (χ3v) is 3.70. The number of halogens is 2. The third-order valence-electron chi connectivity index (χ3n) is 3.70. The van der Waals surface area contributed by atoms with E-state index in [1.807, 2.05) is 6.92 Å². The SMILES string of the molecule is CC(c1cccc([N+](=O)[O-])c1)N1COc2cc(F)c(F)cc21. The van der Waals surface area contributed by atoms with E-state index in [0.717, 1.165) is 12.1 Å². The molecule has 0 saturated carbocycles. The normalized spacial score (nSPS) is 14.4. The van der Waals surface area contributed by atoms with Crippen molar-refractivity contribution in [3.8, 4) is 5.75 Å². The lowest BCUT2D eigenvalue weighted by Gasteiger charge is -2.25. The summed E-state index contributed by atoms with van der Waals surface area (Å²) in [7, 11) is 0. The second-order valence-corrected chi connectivity index (χ2v) is 5.01. The summed E-state index contributed by atoms with van der Waals surface area (Å²) in [6.45, 7) is 1.95. The number of ether oxygens (including phenoxy) is 1. The Morgan fingerprint density at radius 2 is 2.00 bits per heavy atom. The van der Waals surface area contributed by atoms with Gasteiger partial charge in [-0.05, 0) is 12.5 Å². The summed E-state index contributed by atoms with van der Waals surface area (Å²) in [5, 5.41) is 10.9. The molecule has 1 unspecified atom stereocenters. The monoisotopic (exact) mass is 306 g/mol. The molecular weight excluding hydrogens is 294 g/mol. The van der Waals surface area contributed by atoms with Crippen LogP contribution in [0.3, 0.4) is 0 Å². The summed E-state index contributed by atoms with van der Waals surface area (Å²) in [5.74, 6) is -1.67. The Morgan fingerprint density at radius 3 is 2.73 bits per heavy atom. The van der Waals surface area contributed by atoms with Gasteiger partial charge < -0.3 is 9.64 Å². The molecule has 1 atom stereocenters. The highest BCUT2D eigenvalue weighted by Crippen LogP contribution is 2.40. The highest BCUT2D eigenvalue weighted by atomic mass is 19.2. The van der Waals surface area contributed by atoms with Crippen LogP contribution in [0.4, 0.5) is 20.2 Å². The van der Waals surface area contributed by atoms with Crippen molar-refractivity contribution < 1.29 is 18.4 Å². The molecule has 0 bridgehead atoms. The van der Waals surface area contributed by atoms with Crippen LogP contribution in [0.15, 0.2) is 36.4 Å². The first-order chi connectivity index (χ1) is 10.5. The fraction of sp³-hybridized carbons (Fsp3) is 0.200. The van der Waals surface area contributed by atoms with Crippen LogP contribution in [0.2, 0.25) is 0 Å². The van der Waals surface area contributed by atoms with Crippen LogP contribution >= 0.6 is 0 Å². The Balaban J connectivity index is 1.95. The van der Waals surface area contributed by atoms with Crippen LogP contribution in [-0.2, 0) is 0 Å². The summed E-state index contributed by atoms with van der Waals surface area (Å²) < 4.78 is 32.0. The largest absolute Gasteiger partial charge is 0.471 e. The summed E-state index contributed by atoms with van der Waals surface area (Å²) in [4.78, 5) is 12.1. The fourth-order valence-electron chi connectivity index (χ4n) is 2.47. The summed E-state index contributed by atoms with van der Waals surface area (Å²) >= 11 is 0. The van der Waals surface area contributed by atoms with Gasteiger partial charge in [0, 0.05) is 24.3 Å². The van der Waals surface area contributed by atoms with Gasteiger partial charge in [-0.1, -0.05) is 12.1 Å². The number of non-ortho nitro benzene ring substituents is 1. The minimum absolute atomic E-state index is 0.0185. The van der Waals surface area contributed by atoms with Crippen molar-refractivity contribution >= 4 is 11.4 Å². The van der Waals surface area contributed by atoms with E-state index >= 15 is 0 Å². The van der Waals surface area contributed by atoms with E-state index in [1.54, 1.807) is 17.0 Å². The topological polar surface area (TPSA) is 55.6 Å². The van der Waals surface area contributed by atoms with E-state index < -0.39 is 16.6 Å². The lowest BCUT2D eigenvalue weighted by molar-refractivity contribution is -0.384. The zero-order chi connectivity index (χ0) is 15.9. The van der Waals surface area contributed by atoms with Crippen LogP contribution in [0.1, 0.15) is 18.5 Å². The Hall–Kier alpha value is -2.70. The molecule has 22 heavy (non-hydrogen) atoms. The van der Waals surface area contributed by atoms with Crippen LogP contribution in [0.25, 0.3) is 0 Å². The van der Waals surface area contributed by atoms with E-state index in [4.69, 9.17) is 4.74 Å². The molecule has 2 aromatic carbocycles. The zero-order valence-electron chi connectivity index (χ0n) is 11.6. The standard InChI is InChI=1S/C15H12F2N2O3/c1-9(10-3-2-4-11(5-10)19(20)21)18-8-22-15-7-13(17)12(16)6-14(15)18/h2-7,9H,8H2,1H3. The van der Waals surface area contributed by atoms with Crippen LogP contribution in [0.5, 0.6) is 5.75 Å². The number of benzene rings is 2. The molecule has 0 N–H and O–H groups in total. The molecule has 7 heteroatoms. The summed E-state index contributed by atoms with van der Waals surface area (Å²) in [5.41, 5.74) is 1.10. The smallest absolute Gasteiger partial charge is 0.269 e. The molecule has 0 aliphatic carbocycles. The number of hydrogen-bond donors (Lipinski definition) is 0. The molecule has 3 rings (SSSR count). The van der Waals surface area contributed by atoms with E-state index in [2.05, 4.69) is 0 Å². The number of hydrogen-bond acceptors (Lipinski definition) is 4. The quantitative estimate of drug-likeness (QED) is 0.639. The minimum Gasteiger partial charge on any atom is -0.471 e. The fourth-order valence-corrected chi connectivity index (χ4v) is 2.47. The number of fused-ring (bicyclic) bond motifs is 1. The van der Waals surface area contributed by atoms with Gasteiger partial charge in [0.15, 0.2) is 18.4 Å². The van der Waals surface area contributed by atoms with Crippen molar-refractivity contribution in [1.29, 1.82) is 0 Å². The Bertz CT molecular complexity index is 752. The van der Waals surface area contributed by atoms with E-state index in [1.165, 1.54) is 12.1 Å². The van der Waals surface area contributed by atoms with E-state index in [0.29, 0.717) is 11.3 Å². The van der Waals surface area contributed by atoms with Gasteiger partial charge in [0.2, 0.25) is 0 Å². The Kier molecular flexibility index (Phi) is 3.40. The van der Waals surface area contributed by atoms with Gasteiger partial charge in [-0.25, -0.2) is 8.78 Å². The molecule has 1 aliphatic heterocycles. The average Bonchev–Trinajstić information content (AvgIpc) is 2.90. The van der Waals surface area contributed by atoms with Crippen molar-refractivity contribution in [1.82, 2.24) is 0 Å². The van der Waals surface area contributed by atoms with Crippen molar-refractivity contribution in [2.45, 2.75) is 13.0 Å². The van der Waals surface area contributed by atoms with Crippen LogP contribution in [0, 0.1) is 21.7 Å². The lowest BCUT2D eigenvalue weighted by Crippen LogP contribution is -2.25. The molecule has 0 amide bonds. The van der Waals surface area contributed by atoms with Crippen LogP contribution in [-0.4, -0.2) is 11.7 Å². The molecule has 0 saturated heterocycles. The van der Waals surface area contributed by atoms with E-state index in [9.17, 15) is 18.9 Å². The Morgan fingerprint density at radius 1 is 1.27 bits per heavy atom. The summed E-state index contributed by atoms with van der Waals surface area (Å²) in [6.07, 6.45) is 0. The molecular formula is C15H12F2N2O3. The van der Waals surface area contributed by atoms with Gasteiger partial charge in [-0.15, -0.1) is 0 Å². The zero-order valence-corrected chi connectivity index (χ0v) is 11.6. The molecule has 5 nitrogen and oxygen atoms in total. The maximum absolute atomic E-state index is 13.4. The second-order valence-electron chi connectivity index (χ2n) is 5.01. The van der Waals surface area contributed by atoms with Crippen molar-refractivity contribution in [2.24, 2.45) is 0 Å². The van der Waals surface area contributed by atoms with Gasteiger partial charge in [-0.2, -0.15) is 0 Å². The molecule has 114 valence electrons. The third kappa shape index (κ3) is 2.34. The van der Waals surface area contributed by atoms with Crippen molar-refractivity contribution in [3.63, 3.8) is 0 Å². The first kappa shape index (κ1) is 14.2. The van der Waals surface area contributed by atoms with Gasteiger partial charge in [0.25, 0.3) is 5.69 Å². The molecule has 1 heterocycles.